The number of rotatable bonds is 17. The molecule has 0 aliphatic heterocycles. The van der Waals surface area contributed by atoms with Crippen molar-refractivity contribution in [1.82, 2.24) is 15.4 Å². The molecule has 0 radical (unpaired) electrons. The average Bonchev–Trinajstić information content (AvgIpc) is 2.69. The van der Waals surface area contributed by atoms with E-state index in [-0.39, 0.29) is 44.7 Å². The quantitative estimate of drug-likeness (QED) is 0.124. The minimum atomic E-state index is -0.599. The third kappa shape index (κ3) is 15.4. The summed E-state index contributed by atoms with van der Waals surface area (Å²) in [5, 5.41) is 23.0. The van der Waals surface area contributed by atoms with Gasteiger partial charge in [-0.2, -0.15) is 0 Å². The molecular formula is C18H35N5O6. The molecule has 4 amide bonds. The van der Waals surface area contributed by atoms with Crippen LogP contribution in [0.15, 0.2) is 0 Å². The number of hydrogen-bond donors (Lipinski definition) is 5. The molecule has 0 rings (SSSR count). The Morgan fingerprint density at radius 3 is 1.76 bits per heavy atom. The van der Waals surface area contributed by atoms with Crippen LogP contribution in [0, 0.1) is 0 Å². The first kappa shape index (κ1) is 26.8. The molecule has 0 aromatic heterocycles. The molecule has 11 nitrogen and oxygen atoms in total. The molecule has 0 aromatic rings. The molecule has 7 N–H and O–H groups in total. The molecule has 0 saturated carbocycles. The lowest BCUT2D eigenvalue weighted by Crippen LogP contribution is -2.31. The smallest absolute Gasteiger partial charge is 0.246 e. The minimum Gasteiger partial charge on any atom is -0.370 e. The Hall–Kier alpha value is -2.24. The highest BCUT2D eigenvalue weighted by atomic mass is 16.5. The number of unbranched alkanes of at least 4 members (excludes halogenated alkanes) is 4. The summed E-state index contributed by atoms with van der Waals surface area (Å²) in [5.41, 5.74) is 10.3. The van der Waals surface area contributed by atoms with Crippen molar-refractivity contribution >= 4 is 23.6 Å². The van der Waals surface area contributed by atoms with Crippen LogP contribution in [0.4, 0.5) is 0 Å². The zero-order valence-corrected chi connectivity index (χ0v) is 17.0. The van der Waals surface area contributed by atoms with E-state index in [2.05, 4.69) is 5.32 Å². The summed E-state index contributed by atoms with van der Waals surface area (Å²) in [7, 11) is 0. The number of amides is 4. The van der Waals surface area contributed by atoms with Gasteiger partial charge in [0.15, 0.2) is 0 Å². The van der Waals surface area contributed by atoms with E-state index >= 15 is 0 Å². The monoisotopic (exact) mass is 417 g/mol. The van der Waals surface area contributed by atoms with E-state index in [1.807, 2.05) is 0 Å². The third-order valence-electron chi connectivity index (χ3n) is 4.17. The van der Waals surface area contributed by atoms with Crippen molar-refractivity contribution in [1.29, 1.82) is 0 Å². The van der Waals surface area contributed by atoms with Gasteiger partial charge in [-0.3, -0.25) is 29.6 Å². The van der Waals surface area contributed by atoms with Gasteiger partial charge in [0.1, 0.15) is 0 Å². The highest BCUT2D eigenvalue weighted by Crippen LogP contribution is 2.02. The fourth-order valence-electron chi connectivity index (χ4n) is 2.42. The summed E-state index contributed by atoms with van der Waals surface area (Å²) in [6.07, 6.45) is 3.90. The van der Waals surface area contributed by atoms with E-state index < -0.39 is 17.7 Å². The van der Waals surface area contributed by atoms with Crippen LogP contribution in [-0.2, 0) is 19.2 Å². The van der Waals surface area contributed by atoms with Crippen LogP contribution in [0.5, 0.6) is 0 Å². The Balaban J connectivity index is 3.70. The lowest BCUT2D eigenvalue weighted by atomic mass is 10.2. The second-order valence-corrected chi connectivity index (χ2v) is 6.76. The predicted octanol–water partition coefficient (Wildman–Crippen LogP) is -0.117. The number of hydrogen-bond acceptors (Lipinski definition) is 7. The lowest BCUT2D eigenvalue weighted by Gasteiger charge is -2.15. The van der Waals surface area contributed by atoms with Crippen LogP contribution in [-0.4, -0.2) is 70.3 Å². The normalized spacial score (nSPS) is 10.4. The van der Waals surface area contributed by atoms with Gasteiger partial charge in [0.25, 0.3) is 0 Å². The fraction of sp³-hybridized carbons (Fsp3) is 0.778. The Labute approximate surface area is 171 Å². The maximum Gasteiger partial charge on any atom is 0.246 e. The van der Waals surface area contributed by atoms with Gasteiger partial charge in [0.05, 0.1) is 0 Å². The number of nitrogens with one attached hydrogen (secondary N) is 1. The SMILES string of the molecule is NCCCCCN(O)C(=O)CCC(=O)NCCCCCN(O)C(=O)CCC(N)=O. The highest BCUT2D eigenvalue weighted by molar-refractivity contribution is 5.83. The Morgan fingerprint density at radius 2 is 1.24 bits per heavy atom. The predicted molar refractivity (Wildman–Crippen MR) is 104 cm³/mol. The molecule has 11 heteroatoms. The van der Waals surface area contributed by atoms with Crippen molar-refractivity contribution in [3.8, 4) is 0 Å². The van der Waals surface area contributed by atoms with Crippen LogP contribution >= 0.6 is 0 Å². The average molecular weight is 418 g/mol. The van der Waals surface area contributed by atoms with Crippen molar-refractivity contribution in [3.05, 3.63) is 0 Å². The first-order chi connectivity index (χ1) is 13.8. The maximum absolute atomic E-state index is 11.7. The fourth-order valence-corrected chi connectivity index (χ4v) is 2.42. The molecule has 0 saturated heterocycles. The van der Waals surface area contributed by atoms with Crippen LogP contribution < -0.4 is 16.8 Å². The van der Waals surface area contributed by atoms with E-state index in [1.165, 1.54) is 0 Å². The first-order valence-electron chi connectivity index (χ1n) is 10.0. The summed E-state index contributed by atoms with van der Waals surface area (Å²) in [6.45, 7) is 1.36. The van der Waals surface area contributed by atoms with Crippen LogP contribution in [0.25, 0.3) is 0 Å². The summed E-state index contributed by atoms with van der Waals surface area (Å²) in [4.78, 5) is 45.5. The van der Waals surface area contributed by atoms with Crippen LogP contribution in [0.3, 0.4) is 0 Å². The van der Waals surface area contributed by atoms with Gasteiger partial charge in [0.2, 0.25) is 23.6 Å². The van der Waals surface area contributed by atoms with Crippen molar-refractivity contribution in [2.45, 2.75) is 64.2 Å². The van der Waals surface area contributed by atoms with E-state index in [0.29, 0.717) is 48.9 Å². The highest BCUT2D eigenvalue weighted by Gasteiger charge is 2.13. The topological polar surface area (TPSA) is 179 Å². The van der Waals surface area contributed by atoms with E-state index in [4.69, 9.17) is 11.5 Å². The van der Waals surface area contributed by atoms with E-state index in [9.17, 15) is 29.6 Å². The summed E-state index contributed by atoms with van der Waals surface area (Å²) in [5.74, 6) is -1.92. The van der Waals surface area contributed by atoms with Crippen molar-refractivity contribution in [2.75, 3.05) is 26.2 Å². The lowest BCUT2D eigenvalue weighted by molar-refractivity contribution is -0.166. The molecule has 168 valence electrons. The van der Waals surface area contributed by atoms with Gasteiger partial charge in [0, 0.05) is 45.3 Å². The zero-order valence-electron chi connectivity index (χ0n) is 17.0. The first-order valence-corrected chi connectivity index (χ1v) is 10.0. The number of hydroxylamine groups is 4. The molecule has 0 fully saturated rings. The van der Waals surface area contributed by atoms with Gasteiger partial charge in [-0.1, -0.05) is 6.42 Å². The minimum absolute atomic E-state index is 0.00250. The van der Waals surface area contributed by atoms with E-state index in [0.717, 1.165) is 12.8 Å². The Morgan fingerprint density at radius 1 is 0.724 bits per heavy atom. The molecule has 0 bridgehead atoms. The molecule has 0 atom stereocenters. The molecule has 0 unspecified atom stereocenters. The maximum atomic E-state index is 11.7. The number of primary amides is 1. The molecular weight excluding hydrogens is 382 g/mol. The second kappa shape index (κ2) is 16.7. The van der Waals surface area contributed by atoms with Gasteiger partial charge in [-0.05, 0) is 38.6 Å². The third-order valence-corrected chi connectivity index (χ3v) is 4.17. The molecule has 29 heavy (non-hydrogen) atoms. The zero-order chi connectivity index (χ0) is 22.1. The second-order valence-electron chi connectivity index (χ2n) is 6.76. The van der Waals surface area contributed by atoms with Crippen molar-refractivity contribution < 1.29 is 29.6 Å². The van der Waals surface area contributed by atoms with Crippen molar-refractivity contribution in [2.24, 2.45) is 11.5 Å². The number of carbonyl (C=O) groups excluding carboxylic acids is 4. The van der Waals surface area contributed by atoms with Gasteiger partial charge in [-0.25, -0.2) is 10.1 Å². The molecule has 0 aliphatic carbocycles. The van der Waals surface area contributed by atoms with E-state index in [1.54, 1.807) is 0 Å². The molecule has 0 spiro atoms. The van der Waals surface area contributed by atoms with Crippen molar-refractivity contribution in [3.63, 3.8) is 0 Å². The summed E-state index contributed by atoms with van der Waals surface area (Å²) >= 11 is 0. The molecule has 0 aliphatic rings. The summed E-state index contributed by atoms with van der Waals surface area (Å²) < 4.78 is 0. The number of nitrogens with two attached hydrogens (primary N) is 2. The van der Waals surface area contributed by atoms with Gasteiger partial charge < -0.3 is 16.8 Å². The summed E-state index contributed by atoms with van der Waals surface area (Å²) in [6, 6.07) is 0. The van der Waals surface area contributed by atoms with Gasteiger partial charge >= 0.3 is 0 Å². The number of nitrogens with zero attached hydrogens (tertiary/aromatic N) is 2. The Bertz CT molecular complexity index is 517. The molecule has 0 aromatic carbocycles. The Kier molecular flexibility index (Phi) is 15.4. The largest absolute Gasteiger partial charge is 0.370 e. The standard InChI is InChI=1S/C18H35N5O6/c19-11-3-1-5-13-23(29)18(27)10-8-16(25)21-12-4-2-6-14-22(28)17(26)9-7-15(20)24/h28-29H,1-14,19H2,(H2,20,24)(H,21,25). The van der Waals surface area contributed by atoms with Crippen LogP contribution in [0.2, 0.25) is 0 Å². The number of carbonyl (C=O) groups is 4. The van der Waals surface area contributed by atoms with Gasteiger partial charge in [-0.15, -0.1) is 0 Å². The molecule has 0 heterocycles. The van der Waals surface area contributed by atoms with Crippen LogP contribution in [0.1, 0.15) is 64.2 Å².